The summed E-state index contributed by atoms with van der Waals surface area (Å²) in [6.45, 7) is 0. The SMILES string of the molecule is O=C(CCc1ccsc1)NC1(C(=O)O)CCSCC1. The molecule has 1 amide bonds. The topological polar surface area (TPSA) is 66.4 Å². The summed E-state index contributed by atoms with van der Waals surface area (Å²) >= 11 is 3.34. The Kier molecular flexibility index (Phi) is 4.87. The van der Waals surface area contributed by atoms with Crippen LogP contribution in [0.4, 0.5) is 0 Å². The number of aliphatic carboxylic acids is 1. The van der Waals surface area contributed by atoms with Crippen LogP contribution in [-0.4, -0.2) is 34.0 Å². The molecule has 0 radical (unpaired) electrons. The Labute approximate surface area is 120 Å². The van der Waals surface area contributed by atoms with Crippen molar-refractivity contribution in [1.29, 1.82) is 0 Å². The standard InChI is InChI=1S/C13H17NO3S2/c15-11(2-1-10-3-6-19-9-10)14-13(12(16)17)4-7-18-8-5-13/h3,6,9H,1-2,4-5,7-8H2,(H,14,15)(H,16,17). The van der Waals surface area contributed by atoms with Gasteiger partial charge in [-0.1, -0.05) is 0 Å². The van der Waals surface area contributed by atoms with E-state index in [0.29, 0.717) is 25.7 Å². The van der Waals surface area contributed by atoms with E-state index >= 15 is 0 Å². The molecule has 0 unspecified atom stereocenters. The van der Waals surface area contributed by atoms with Crippen LogP contribution in [0.1, 0.15) is 24.8 Å². The lowest BCUT2D eigenvalue weighted by molar-refractivity contribution is -0.148. The maximum atomic E-state index is 11.9. The molecule has 0 aromatic carbocycles. The molecule has 1 fully saturated rings. The molecule has 2 N–H and O–H groups in total. The first kappa shape index (κ1) is 14.4. The van der Waals surface area contributed by atoms with E-state index in [1.807, 2.05) is 16.8 Å². The van der Waals surface area contributed by atoms with E-state index < -0.39 is 11.5 Å². The van der Waals surface area contributed by atoms with Crippen molar-refractivity contribution in [3.63, 3.8) is 0 Å². The van der Waals surface area contributed by atoms with E-state index in [1.165, 1.54) is 0 Å². The van der Waals surface area contributed by atoms with E-state index in [4.69, 9.17) is 0 Å². The second-order valence-electron chi connectivity index (χ2n) is 4.68. The highest BCUT2D eigenvalue weighted by Gasteiger charge is 2.40. The molecular formula is C13H17NO3S2. The lowest BCUT2D eigenvalue weighted by Gasteiger charge is -2.33. The van der Waals surface area contributed by atoms with Crippen molar-refractivity contribution < 1.29 is 14.7 Å². The Morgan fingerprint density at radius 2 is 2.11 bits per heavy atom. The molecule has 0 spiro atoms. The molecule has 4 nitrogen and oxygen atoms in total. The third kappa shape index (κ3) is 3.73. The lowest BCUT2D eigenvalue weighted by atomic mass is 9.92. The van der Waals surface area contributed by atoms with Gasteiger partial charge < -0.3 is 10.4 Å². The number of rotatable bonds is 5. The molecule has 1 aromatic heterocycles. The lowest BCUT2D eigenvalue weighted by Crippen LogP contribution is -2.56. The monoisotopic (exact) mass is 299 g/mol. The average Bonchev–Trinajstić information content (AvgIpc) is 2.90. The van der Waals surface area contributed by atoms with Gasteiger partial charge in [-0.25, -0.2) is 4.79 Å². The highest BCUT2D eigenvalue weighted by molar-refractivity contribution is 7.99. The van der Waals surface area contributed by atoms with Gasteiger partial charge in [0.1, 0.15) is 5.54 Å². The second-order valence-corrected chi connectivity index (χ2v) is 6.68. The Morgan fingerprint density at radius 1 is 1.37 bits per heavy atom. The van der Waals surface area contributed by atoms with Gasteiger partial charge in [0.15, 0.2) is 0 Å². The fourth-order valence-electron chi connectivity index (χ4n) is 2.13. The molecule has 19 heavy (non-hydrogen) atoms. The van der Waals surface area contributed by atoms with E-state index in [1.54, 1.807) is 23.1 Å². The highest BCUT2D eigenvalue weighted by Crippen LogP contribution is 2.27. The van der Waals surface area contributed by atoms with Gasteiger partial charge in [0.2, 0.25) is 5.91 Å². The van der Waals surface area contributed by atoms with E-state index in [2.05, 4.69) is 5.32 Å². The van der Waals surface area contributed by atoms with Gasteiger partial charge in [0.25, 0.3) is 0 Å². The first-order valence-corrected chi connectivity index (χ1v) is 8.35. The molecule has 1 aliphatic heterocycles. The molecule has 2 rings (SSSR count). The average molecular weight is 299 g/mol. The zero-order valence-corrected chi connectivity index (χ0v) is 12.2. The van der Waals surface area contributed by atoms with Crippen molar-refractivity contribution in [2.45, 2.75) is 31.2 Å². The van der Waals surface area contributed by atoms with Crippen LogP contribution in [0, 0.1) is 0 Å². The highest BCUT2D eigenvalue weighted by atomic mass is 32.2. The number of amides is 1. The summed E-state index contributed by atoms with van der Waals surface area (Å²) < 4.78 is 0. The number of thioether (sulfide) groups is 1. The number of hydrogen-bond donors (Lipinski definition) is 2. The summed E-state index contributed by atoms with van der Waals surface area (Å²) in [6, 6.07) is 1.99. The van der Waals surface area contributed by atoms with Crippen LogP contribution in [0.3, 0.4) is 0 Å². The quantitative estimate of drug-likeness (QED) is 0.874. The second kappa shape index (κ2) is 6.43. The van der Waals surface area contributed by atoms with Crippen LogP contribution in [0.15, 0.2) is 16.8 Å². The number of hydrogen-bond acceptors (Lipinski definition) is 4. The number of carbonyl (C=O) groups excluding carboxylic acids is 1. The molecule has 104 valence electrons. The van der Waals surface area contributed by atoms with Gasteiger partial charge in [-0.05, 0) is 53.2 Å². The summed E-state index contributed by atoms with van der Waals surface area (Å²) in [5, 5.41) is 16.1. The van der Waals surface area contributed by atoms with Crippen LogP contribution in [0.25, 0.3) is 0 Å². The van der Waals surface area contributed by atoms with Crippen LogP contribution in [-0.2, 0) is 16.0 Å². The van der Waals surface area contributed by atoms with E-state index in [0.717, 1.165) is 17.1 Å². The summed E-state index contributed by atoms with van der Waals surface area (Å²) in [5.41, 5.74) is 0.0838. The number of aryl methyl sites for hydroxylation is 1. The molecule has 0 atom stereocenters. The maximum absolute atomic E-state index is 11.9. The van der Waals surface area contributed by atoms with Crippen molar-refractivity contribution in [2.75, 3.05) is 11.5 Å². The number of carboxylic acid groups (broad SMARTS) is 1. The third-order valence-electron chi connectivity index (χ3n) is 3.36. The van der Waals surface area contributed by atoms with E-state index in [9.17, 15) is 14.7 Å². The van der Waals surface area contributed by atoms with Gasteiger partial charge >= 0.3 is 5.97 Å². The summed E-state index contributed by atoms with van der Waals surface area (Å²) in [4.78, 5) is 23.4. The summed E-state index contributed by atoms with van der Waals surface area (Å²) in [5.74, 6) is 0.506. The Morgan fingerprint density at radius 3 is 2.68 bits per heavy atom. The smallest absolute Gasteiger partial charge is 0.329 e. The largest absolute Gasteiger partial charge is 0.480 e. The van der Waals surface area contributed by atoms with Gasteiger partial charge in [-0.2, -0.15) is 23.1 Å². The first-order valence-electron chi connectivity index (χ1n) is 6.26. The van der Waals surface area contributed by atoms with Crippen LogP contribution < -0.4 is 5.32 Å². The Hall–Kier alpha value is -1.01. The van der Waals surface area contributed by atoms with Gasteiger partial charge in [-0.3, -0.25) is 4.79 Å². The molecule has 2 heterocycles. The molecule has 0 aliphatic carbocycles. The number of carboxylic acids is 1. The molecular weight excluding hydrogens is 282 g/mol. The number of nitrogens with one attached hydrogen (secondary N) is 1. The van der Waals surface area contributed by atoms with Crippen LogP contribution in [0.5, 0.6) is 0 Å². The van der Waals surface area contributed by atoms with Crippen molar-refractivity contribution in [3.05, 3.63) is 22.4 Å². The molecule has 0 bridgehead atoms. The van der Waals surface area contributed by atoms with Crippen molar-refractivity contribution in [2.24, 2.45) is 0 Å². The van der Waals surface area contributed by atoms with E-state index in [-0.39, 0.29) is 5.91 Å². The normalized spacial score (nSPS) is 17.9. The fourth-order valence-corrected chi connectivity index (χ4v) is 4.03. The van der Waals surface area contributed by atoms with Crippen molar-refractivity contribution in [3.8, 4) is 0 Å². The molecule has 0 saturated carbocycles. The zero-order chi connectivity index (χ0) is 13.7. The van der Waals surface area contributed by atoms with Gasteiger partial charge in [-0.15, -0.1) is 0 Å². The minimum Gasteiger partial charge on any atom is -0.480 e. The Bertz CT molecular complexity index is 439. The summed E-state index contributed by atoms with van der Waals surface area (Å²) in [6.07, 6.45) is 2.03. The third-order valence-corrected chi connectivity index (χ3v) is 5.07. The molecule has 6 heteroatoms. The zero-order valence-electron chi connectivity index (χ0n) is 10.6. The van der Waals surface area contributed by atoms with Crippen LogP contribution in [0.2, 0.25) is 0 Å². The molecule has 1 aromatic rings. The predicted octanol–water partition coefficient (Wildman–Crippen LogP) is 2.15. The van der Waals surface area contributed by atoms with Crippen molar-refractivity contribution in [1.82, 2.24) is 5.32 Å². The Balaban J connectivity index is 1.90. The first-order chi connectivity index (χ1) is 9.12. The number of thiophene rings is 1. The minimum atomic E-state index is -1.04. The number of carbonyl (C=O) groups is 2. The fraction of sp³-hybridized carbons (Fsp3) is 0.538. The summed E-state index contributed by atoms with van der Waals surface area (Å²) in [7, 11) is 0. The predicted molar refractivity (Wildman–Crippen MR) is 77.7 cm³/mol. The van der Waals surface area contributed by atoms with Crippen molar-refractivity contribution >= 4 is 35.0 Å². The van der Waals surface area contributed by atoms with Crippen LogP contribution >= 0.6 is 23.1 Å². The molecule has 1 saturated heterocycles. The maximum Gasteiger partial charge on any atom is 0.329 e. The van der Waals surface area contributed by atoms with Gasteiger partial charge in [0.05, 0.1) is 0 Å². The van der Waals surface area contributed by atoms with Gasteiger partial charge in [0, 0.05) is 6.42 Å². The minimum absolute atomic E-state index is 0.166. The molecule has 1 aliphatic rings.